The van der Waals surface area contributed by atoms with E-state index in [0.29, 0.717) is 29.7 Å². The molecule has 1 fully saturated rings. The average molecular weight is 390 g/mol. The quantitative estimate of drug-likeness (QED) is 0.676. The molecule has 1 aliphatic heterocycles. The highest BCUT2D eigenvalue weighted by atomic mass is 35.5. The first kappa shape index (κ1) is 17.2. The molecule has 1 aliphatic rings. The van der Waals surface area contributed by atoms with Crippen molar-refractivity contribution in [3.8, 4) is 11.4 Å². The molecule has 2 heterocycles. The van der Waals surface area contributed by atoms with Crippen LogP contribution >= 0.6 is 11.6 Å². The number of sulfonamides is 1. The average Bonchev–Trinajstić information content (AvgIpc) is 3.32. The molecule has 4 rings (SSSR count). The van der Waals surface area contributed by atoms with Crippen LogP contribution in [-0.2, 0) is 10.0 Å². The molecule has 1 aromatic heterocycles. The maximum absolute atomic E-state index is 13.0. The van der Waals surface area contributed by atoms with Crippen molar-refractivity contribution in [1.29, 1.82) is 0 Å². The lowest BCUT2D eigenvalue weighted by molar-refractivity contribution is 0.290. The van der Waals surface area contributed by atoms with Crippen LogP contribution in [0.5, 0.6) is 0 Å². The summed E-state index contributed by atoms with van der Waals surface area (Å²) in [5.41, 5.74) is 0.826. The summed E-state index contributed by atoms with van der Waals surface area (Å²) in [6.07, 6.45) is 1.38. The minimum absolute atomic E-state index is 0.205. The van der Waals surface area contributed by atoms with E-state index in [1.165, 1.54) is 16.4 Å². The Labute approximate surface area is 156 Å². The van der Waals surface area contributed by atoms with Crippen LogP contribution in [0.4, 0.5) is 0 Å². The van der Waals surface area contributed by atoms with Crippen LogP contribution in [0, 0.1) is 0 Å². The van der Waals surface area contributed by atoms with E-state index in [1.54, 1.807) is 12.1 Å². The van der Waals surface area contributed by atoms with Gasteiger partial charge in [0, 0.05) is 17.1 Å². The second kappa shape index (κ2) is 6.83. The number of hydrogen-bond acceptors (Lipinski definition) is 5. The molecule has 3 aromatic rings. The van der Waals surface area contributed by atoms with Gasteiger partial charge in [-0.1, -0.05) is 47.1 Å². The van der Waals surface area contributed by atoms with Crippen molar-refractivity contribution in [2.24, 2.45) is 0 Å². The van der Waals surface area contributed by atoms with Crippen molar-refractivity contribution in [2.45, 2.75) is 23.8 Å². The smallest absolute Gasteiger partial charge is 0.245 e. The summed E-state index contributed by atoms with van der Waals surface area (Å²) >= 11 is 5.87. The SMILES string of the molecule is O=S(=O)(c1ccc(Cl)cc1)N1CCC[C@@H]1c1nc(-c2ccccc2)no1. The second-order valence-corrected chi connectivity index (χ2v) is 8.38. The maximum atomic E-state index is 13.0. The van der Waals surface area contributed by atoms with Gasteiger partial charge in [0.1, 0.15) is 6.04 Å². The molecule has 0 radical (unpaired) electrons. The van der Waals surface area contributed by atoms with Gasteiger partial charge in [0.05, 0.1) is 4.90 Å². The lowest BCUT2D eigenvalue weighted by Gasteiger charge is -2.21. The summed E-state index contributed by atoms with van der Waals surface area (Å²) in [4.78, 5) is 4.63. The summed E-state index contributed by atoms with van der Waals surface area (Å²) in [7, 11) is -3.66. The highest BCUT2D eigenvalue weighted by molar-refractivity contribution is 7.89. The molecule has 0 N–H and O–H groups in total. The Balaban J connectivity index is 1.65. The lowest BCUT2D eigenvalue weighted by atomic mass is 10.2. The number of rotatable bonds is 4. The number of hydrogen-bond donors (Lipinski definition) is 0. The third kappa shape index (κ3) is 3.13. The van der Waals surface area contributed by atoms with Crippen molar-refractivity contribution in [2.75, 3.05) is 6.54 Å². The van der Waals surface area contributed by atoms with Crippen molar-refractivity contribution < 1.29 is 12.9 Å². The number of benzene rings is 2. The van der Waals surface area contributed by atoms with Crippen LogP contribution in [0.1, 0.15) is 24.8 Å². The fourth-order valence-electron chi connectivity index (χ4n) is 3.09. The van der Waals surface area contributed by atoms with Gasteiger partial charge in [0.25, 0.3) is 0 Å². The zero-order chi connectivity index (χ0) is 18.1. The van der Waals surface area contributed by atoms with Crippen LogP contribution in [0.15, 0.2) is 64.0 Å². The molecule has 0 spiro atoms. The van der Waals surface area contributed by atoms with Gasteiger partial charge in [0.2, 0.25) is 21.7 Å². The van der Waals surface area contributed by atoms with Gasteiger partial charge in [-0.2, -0.15) is 9.29 Å². The van der Waals surface area contributed by atoms with Crippen LogP contribution in [-0.4, -0.2) is 29.4 Å². The van der Waals surface area contributed by atoms with E-state index >= 15 is 0 Å². The van der Waals surface area contributed by atoms with Gasteiger partial charge >= 0.3 is 0 Å². The van der Waals surface area contributed by atoms with Crippen molar-refractivity contribution in [3.05, 3.63) is 65.5 Å². The van der Waals surface area contributed by atoms with E-state index in [-0.39, 0.29) is 4.90 Å². The largest absolute Gasteiger partial charge is 0.337 e. The zero-order valence-corrected chi connectivity index (χ0v) is 15.3. The van der Waals surface area contributed by atoms with Crippen molar-refractivity contribution in [3.63, 3.8) is 0 Å². The monoisotopic (exact) mass is 389 g/mol. The predicted octanol–water partition coefficient (Wildman–Crippen LogP) is 3.92. The first-order valence-corrected chi connectivity index (χ1v) is 10.0. The van der Waals surface area contributed by atoms with Crippen LogP contribution in [0.3, 0.4) is 0 Å². The highest BCUT2D eigenvalue weighted by Gasteiger charge is 2.39. The normalized spacial score (nSPS) is 18.3. The molecule has 2 aromatic carbocycles. The fraction of sp³-hybridized carbons (Fsp3) is 0.222. The molecule has 0 bridgehead atoms. The van der Waals surface area contributed by atoms with Crippen LogP contribution in [0.25, 0.3) is 11.4 Å². The predicted molar refractivity (Wildman–Crippen MR) is 97.1 cm³/mol. The molecule has 8 heteroatoms. The number of halogens is 1. The Morgan fingerprint density at radius 3 is 2.54 bits per heavy atom. The Hall–Kier alpha value is -2.22. The van der Waals surface area contributed by atoms with Crippen LogP contribution in [0.2, 0.25) is 5.02 Å². The van der Waals surface area contributed by atoms with E-state index < -0.39 is 16.1 Å². The Bertz CT molecular complexity index is 1000. The third-order valence-electron chi connectivity index (χ3n) is 4.38. The molecule has 134 valence electrons. The van der Waals surface area contributed by atoms with Crippen LogP contribution < -0.4 is 0 Å². The first-order chi connectivity index (χ1) is 12.6. The van der Waals surface area contributed by atoms with Gasteiger partial charge in [-0.25, -0.2) is 8.42 Å². The maximum Gasteiger partial charge on any atom is 0.245 e. The standard InChI is InChI=1S/C18H16ClN3O3S/c19-14-8-10-15(11-9-14)26(23,24)22-12-4-7-16(22)18-20-17(21-25-18)13-5-2-1-3-6-13/h1-3,5-6,8-11,16H,4,7,12H2/t16-/m1/s1. The summed E-state index contributed by atoms with van der Waals surface area (Å²) < 4.78 is 32.8. The van der Waals surface area contributed by atoms with E-state index in [9.17, 15) is 8.42 Å². The summed E-state index contributed by atoms with van der Waals surface area (Å²) in [5, 5.41) is 4.50. The van der Waals surface area contributed by atoms with E-state index in [0.717, 1.165) is 12.0 Å². The van der Waals surface area contributed by atoms with Gasteiger partial charge in [-0.15, -0.1) is 0 Å². The van der Waals surface area contributed by atoms with Gasteiger partial charge < -0.3 is 4.52 Å². The molecule has 0 aliphatic carbocycles. The third-order valence-corrected chi connectivity index (χ3v) is 6.56. The minimum atomic E-state index is -3.66. The summed E-state index contributed by atoms with van der Waals surface area (Å²) in [6, 6.07) is 15.1. The van der Waals surface area contributed by atoms with Gasteiger partial charge in [-0.05, 0) is 37.1 Å². The summed E-state index contributed by atoms with van der Waals surface area (Å²) in [5.74, 6) is 0.773. The second-order valence-electron chi connectivity index (χ2n) is 6.05. The molecular weight excluding hydrogens is 374 g/mol. The molecule has 0 unspecified atom stereocenters. The first-order valence-electron chi connectivity index (χ1n) is 8.22. The topological polar surface area (TPSA) is 76.3 Å². The number of nitrogens with zero attached hydrogens (tertiary/aromatic N) is 3. The Kier molecular flexibility index (Phi) is 4.52. The number of aromatic nitrogens is 2. The Morgan fingerprint density at radius 2 is 1.81 bits per heavy atom. The van der Waals surface area contributed by atoms with Crippen molar-refractivity contribution in [1.82, 2.24) is 14.4 Å². The Morgan fingerprint density at radius 1 is 1.08 bits per heavy atom. The molecule has 0 saturated carbocycles. The van der Waals surface area contributed by atoms with Crippen molar-refractivity contribution >= 4 is 21.6 Å². The molecule has 1 atom stereocenters. The van der Waals surface area contributed by atoms with E-state index in [1.807, 2.05) is 30.3 Å². The van der Waals surface area contributed by atoms with Gasteiger partial charge in [0.15, 0.2) is 0 Å². The molecule has 26 heavy (non-hydrogen) atoms. The summed E-state index contributed by atoms with van der Waals surface area (Å²) in [6.45, 7) is 0.415. The van der Waals surface area contributed by atoms with E-state index in [4.69, 9.17) is 16.1 Å². The molecule has 6 nitrogen and oxygen atoms in total. The highest BCUT2D eigenvalue weighted by Crippen LogP contribution is 2.36. The zero-order valence-electron chi connectivity index (χ0n) is 13.7. The fourth-order valence-corrected chi connectivity index (χ4v) is 4.87. The molecule has 1 saturated heterocycles. The van der Waals surface area contributed by atoms with Gasteiger partial charge in [-0.3, -0.25) is 0 Å². The lowest BCUT2D eigenvalue weighted by Crippen LogP contribution is -2.30. The molecular formula is C18H16ClN3O3S. The minimum Gasteiger partial charge on any atom is -0.337 e. The van der Waals surface area contributed by atoms with E-state index in [2.05, 4.69) is 10.1 Å². The molecule has 0 amide bonds.